The highest BCUT2D eigenvalue weighted by molar-refractivity contribution is 6.35. The molecule has 0 unspecified atom stereocenters. The summed E-state index contributed by atoms with van der Waals surface area (Å²) in [5.41, 5.74) is 2.13. The van der Waals surface area contributed by atoms with Crippen LogP contribution in [0.2, 0.25) is 5.02 Å². The Hall–Kier alpha value is -1.08. The minimum atomic E-state index is 0.776. The van der Waals surface area contributed by atoms with Crippen LogP contribution in [0.5, 0.6) is 0 Å². The van der Waals surface area contributed by atoms with Crippen LogP contribution in [0.1, 0.15) is 5.56 Å². The Balaban J connectivity index is 2.96. The molecule has 0 atom stereocenters. The first-order valence-electron chi connectivity index (χ1n) is 3.79. The minimum Gasteiger partial charge on any atom is -0.256 e. The van der Waals surface area contributed by atoms with Gasteiger partial charge < -0.3 is 0 Å². The van der Waals surface area contributed by atoms with E-state index in [1.807, 2.05) is 31.2 Å². The van der Waals surface area contributed by atoms with Crippen LogP contribution < -0.4 is 0 Å². The highest BCUT2D eigenvalue weighted by atomic mass is 35.5. The fourth-order valence-electron chi connectivity index (χ4n) is 1.32. The van der Waals surface area contributed by atoms with Gasteiger partial charge >= 0.3 is 0 Å². The molecule has 1 heterocycles. The van der Waals surface area contributed by atoms with Gasteiger partial charge in [0.05, 0.1) is 10.5 Å². The van der Waals surface area contributed by atoms with E-state index in [9.17, 15) is 0 Å². The molecule has 0 aliphatic heterocycles. The number of aryl methyl sites for hydroxylation is 1. The molecule has 1 aromatic heterocycles. The van der Waals surface area contributed by atoms with Gasteiger partial charge in [0.2, 0.25) is 0 Å². The molecule has 1 nitrogen and oxygen atoms in total. The maximum Gasteiger partial charge on any atom is 0.0719 e. The van der Waals surface area contributed by atoms with E-state index in [0.717, 1.165) is 15.9 Å². The number of fused-ring (bicyclic) bond motifs is 1. The van der Waals surface area contributed by atoms with Gasteiger partial charge in [-0.05, 0) is 30.7 Å². The number of rotatable bonds is 0. The van der Waals surface area contributed by atoms with Gasteiger partial charge in [-0.15, -0.1) is 0 Å². The summed E-state index contributed by atoms with van der Waals surface area (Å²) in [4.78, 5) is 4.22. The molecule has 0 aliphatic carbocycles. The number of halogens is 1. The van der Waals surface area contributed by atoms with Crippen molar-refractivity contribution in [2.24, 2.45) is 0 Å². The van der Waals surface area contributed by atoms with Crippen LogP contribution in [-0.4, -0.2) is 4.98 Å². The smallest absolute Gasteiger partial charge is 0.0719 e. The number of hydrogen-bond donors (Lipinski definition) is 0. The molecule has 12 heavy (non-hydrogen) atoms. The Bertz CT molecular complexity index is 386. The first kappa shape index (κ1) is 7.56. The lowest BCUT2D eigenvalue weighted by Gasteiger charge is -2.01. The van der Waals surface area contributed by atoms with Crippen LogP contribution >= 0.6 is 11.6 Å². The van der Waals surface area contributed by atoms with Crippen molar-refractivity contribution in [1.29, 1.82) is 0 Å². The van der Waals surface area contributed by atoms with E-state index in [1.54, 1.807) is 6.20 Å². The number of aromatic nitrogens is 1. The third-order valence-electron chi connectivity index (χ3n) is 1.92. The standard InChI is InChI=1S/C10H8ClN/c1-7-5-6-12-9-4-2-3-8(11)10(7)9/h2-6H,1H3. The van der Waals surface area contributed by atoms with Crippen molar-refractivity contribution in [2.45, 2.75) is 6.92 Å². The molecule has 0 bridgehead atoms. The van der Waals surface area contributed by atoms with Gasteiger partial charge in [-0.3, -0.25) is 4.98 Å². The van der Waals surface area contributed by atoms with Gasteiger partial charge in [-0.25, -0.2) is 0 Å². The molecular formula is C10H8ClN. The Morgan fingerprint density at radius 2 is 2.08 bits per heavy atom. The molecule has 2 heteroatoms. The molecule has 0 amide bonds. The van der Waals surface area contributed by atoms with E-state index in [1.165, 1.54) is 5.56 Å². The number of hydrogen-bond acceptors (Lipinski definition) is 1. The molecule has 2 aromatic rings. The zero-order chi connectivity index (χ0) is 8.55. The van der Waals surface area contributed by atoms with Crippen LogP contribution in [0.25, 0.3) is 10.9 Å². The SMILES string of the molecule is Cc1ccnc2cccc(Cl)c12. The van der Waals surface area contributed by atoms with Crippen molar-refractivity contribution in [3.63, 3.8) is 0 Å². The quantitative estimate of drug-likeness (QED) is 0.602. The molecule has 0 saturated carbocycles. The summed E-state index contributed by atoms with van der Waals surface area (Å²) in [5.74, 6) is 0. The Morgan fingerprint density at radius 1 is 1.25 bits per heavy atom. The van der Waals surface area contributed by atoms with Crippen LogP contribution in [0.4, 0.5) is 0 Å². The van der Waals surface area contributed by atoms with E-state index >= 15 is 0 Å². The molecule has 0 fully saturated rings. The molecule has 0 aliphatic rings. The maximum absolute atomic E-state index is 6.02. The fraction of sp³-hybridized carbons (Fsp3) is 0.100. The lowest BCUT2D eigenvalue weighted by Crippen LogP contribution is -1.82. The number of benzene rings is 1. The topological polar surface area (TPSA) is 12.9 Å². The highest BCUT2D eigenvalue weighted by Gasteiger charge is 2.00. The second-order valence-corrected chi connectivity index (χ2v) is 3.17. The van der Waals surface area contributed by atoms with Gasteiger partial charge in [0.25, 0.3) is 0 Å². The van der Waals surface area contributed by atoms with Crippen LogP contribution in [-0.2, 0) is 0 Å². The largest absolute Gasteiger partial charge is 0.256 e. The second-order valence-electron chi connectivity index (χ2n) is 2.76. The minimum absolute atomic E-state index is 0.776. The van der Waals surface area contributed by atoms with Crippen molar-refractivity contribution >= 4 is 22.5 Å². The summed E-state index contributed by atoms with van der Waals surface area (Å²) in [5, 5.41) is 1.83. The molecule has 0 spiro atoms. The summed E-state index contributed by atoms with van der Waals surface area (Å²) >= 11 is 6.02. The molecule has 0 radical (unpaired) electrons. The number of nitrogens with zero attached hydrogens (tertiary/aromatic N) is 1. The first-order valence-corrected chi connectivity index (χ1v) is 4.16. The van der Waals surface area contributed by atoms with Crippen molar-refractivity contribution in [2.75, 3.05) is 0 Å². The van der Waals surface area contributed by atoms with Crippen LogP contribution in [0.15, 0.2) is 30.5 Å². The predicted molar refractivity (Wildman–Crippen MR) is 51.5 cm³/mol. The van der Waals surface area contributed by atoms with Crippen molar-refractivity contribution < 1.29 is 0 Å². The summed E-state index contributed by atoms with van der Waals surface area (Å²) in [6.45, 7) is 2.04. The van der Waals surface area contributed by atoms with Gasteiger partial charge in [0.15, 0.2) is 0 Å². The zero-order valence-corrected chi connectivity index (χ0v) is 7.47. The molecule has 0 N–H and O–H groups in total. The monoisotopic (exact) mass is 177 g/mol. The van der Waals surface area contributed by atoms with E-state index in [0.29, 0.717) is 0 Å². The van der Waals surface area contributed by atoms with E-state index in [4.69, 9.17) is 11.6 Å². The Kier molecular flexibility index (Phi) is 1.74. The molecule has 0 saturated heterocycles. The lowest BCUT2D eigenvalue weighted by molar-refractivity contribution is 1.37. The Labute approximate surface area is 76.0 Å². The highest BCUT2D eigenvalue weighted by Crippen LogP contribution is 2.24. The average Bonchev–Trinajstić information content (AvgIpc) is 2.04. The van der Waals surface area contributed by atoms with Crippen LogP contribution in [0, 0.1) is 6.92 Å². The normalized spacial score (nSPS) is 10.5. The lowest BCUT2D eigenvalue weighted by atomic mass is 10.1. The van der Waals surface area contributed by atoms with E-state index in [2.05, 4.69) is 4.98 Å². The van der Waals surface area contributed by atoms with Gasteiger partial charge in [0, 0.05) is 11.6 Å². The molecule has 2 rings (SSSR count). The summed E-state index contributed by atoms with van der Waals surface area (Å²) < 4.78 is 0. The van der Waals surface area contributed by atoms with E-state index in [-0.39, 0.29) is 0 Å². The second kappa shape index (κ2) is 2.76. The fourth-order valence-corrected chi connectivity index (χ4v) is 1.64. The Morgan fingerprint density at radius 3 is 2.83 bits per heavy atom. The van der Waals surface area contributed by atoms with Crippen molar-refractivity contribution in [3.05, 3.63) is 41.0 Å². The summed E-state index contributed by atoms with van der Waals surface area (Å²) in [6.07, 6.45) is 1.80. The summed E-state index contributed by atoms with van der Waals surface area (Å²) in [7, 11) is 0. The van der Waals surface area contributed by atoms with Gasteiger partial charge in [-0.1, -0.05) is 17.7 Å². The third kappa shape index (κ3) is 1.07. The van der Waals surface area contributed by atoms with Crippen LogP contribution in [0.3, 0.4) is 0 Å². The maximum atomic E-state index is 6.02. The van der Waals surface area contributed by atoms with Gasteiger partial charge in [-0.2, -0.15) is 0 Å². The molecule has 1 aromatic carbocycles. The first-order chi connectivity index (χ1) is 5.79. The number of pyridine rings is 1. The predicted octanol–water partition coefficient (Wildman–Crippen LogP) is 3.20. The van der Waals surface area contributed by atoms with Crippen molar-refractivity contribution in [1.82, 2.24) is 4.98 Å². The van der Waals surface area contributed by atoms with Crippen molar-refractivity contribution in [3.8, 4) is 0 Å². The molecule has 60 valence electrons. The average molecular weight is 178 g/mol. The van der Waals surface area contributed by atoms with Gasteiger partial charge in [0.1, 0.15) is 0 Å². The summed E-state index contributed by atoms with van der Waals surface area (Å²) in [6, 6.07) is 7.73. The third-order valence-corrected chi connectivity index (χ3v) is 2.24. The van der Waals surface area contributed by atoms with E-state index < -0.39 is 0 Å². The molecular weight excluding hydrogens is 170 g/mol. The zero-order valence-electron chi connectivity index (χ0n) is 6.71.